The Labute approximate surface area is 94.0 Å². The maximum Gasteiger partial charge on any atom is 0.416 e. The number of halogens is 4. The summed E-state index contributed by atoms with van der Waals surface area (Å²) in [5.74, 6) is 0.615. The maximum absolute atomic E-state index is 12.2. The van der Waals surface area contributed by atoms with E-state index in [0.29, 0.717) is 16.6 Å². The van der Waals surface area contributed by atoms with Crippen LogP contribution in [0, 0.1) is 0 Å². The van der Waals surface area contributed by atoms with Crippen molar-refractivity contribution < 1.29 is 13.2 Å². The highest BCUT2D eigenvalue weighted by molar-refractivity contribution is 9.10. The standard InChI is InChI=1S/C9H8BrF3S/c10-8-5-7(9(11,12)13)2-1-6(8)3-4-14/h1-2,5,14H,3-4H2. The van der Waals surface area contributed by atoms with Gasteiger partial charge in [0.05, 0.1) is 5.56 Å². The van der Waals surface area contributed by atoms with Gasteiger partial charge in [-0.2, -0.15) is 25.8 Å². The van der Waals surface area contributed by atoms with E-state index in [4.69, 9.17) is 0 Å². The molecule has 0 bridgehead atoms. The van der Waals surface area contributed by atoms with Gasteiger partial charge in [-0.15, -0.1) is 0 Å². The first kappa shape index (κ1) is 11.9. The summed E-state index contributed by atoms with van der Waals surface area (Å²) in [4.78, 5) is 0. The fourth-order valence-electron chi connectivity index (χ4n) is 1.05. The molecule has 0 heterocycles. The largest absolute Gasteiger partial charge is 0.416 e. The second-order valence-corrected chi connectivity index (χ2v) is 4.08. The van der Waals surface area contributed by atoms with E-state index in [1.54, 1.807) is 0 Å². The molecule has 0 fully saturated rings. The Bertz CT molecular complexity index is 322. The Morgan fingerprint density at radius 1 is 1.29 bits per heavy atom. The Morgan fingerprint density at radius 3 is 2.36 bits per heavy atom. The third-order valence-corrected chi connectivity index (χ3v) is 2.72. The van der Waals surface area contributed by atoms with Crippen molar-refractivity contribution in [2.45, 2.75) is 12.6 Å². The second kappa shape index (κ2) is 4.57. The van der Waals surface area contributed by atoms with Gasteiger partial charge in [0, 0.05) is 4.47 Å². The molecule has 0 aliphatic rings. The van der Waals surface area contributed by atoms with Crippen molar-refractivity contribution in [3.8, 4) is 0 Å². The molecule has 1 rings (SSSR count). The van der Waals surface area contributed by atoms with Crippen LogP contribution < -0.4 is 0 Å². The summed E-state index contributed by atoms with van der Waals surface area (Å²) >= 11 is 7.13. The van der Waals surface area contributed by atoms with Crippen molar-refractivity contribution in [1.29, 1.82) is 0 Å². The Kier molecular flexibility index (Phi) is 3.89. The van der Waals surface area contributed by atoms with Gasteiger partial charge in [0.15, 0.2) is 0 Å². The van der Waals surface area contributed by atoms with Crippen LogP contribution in [0.3, 0.4) is 0 Å². The molecule has 0 N–H and O–H groups in total. The number of alkyl halides is 3. The molecule has 0 aliphatic heterocycles. The molecular weight excluding hydrogens is 277 g/mol. The summed E-state index contributed by atoms with van der Waals surface area (Å²) in [7, 11) is 0. The number of hydrogen-bond donors (Lipinski definition) is 1. The van der Waals surface area contributed by atoms with Crippen molar-refractivity contribution in [3.05, 3.63) is 33.8 Å². The van der Waals surface area contributed by atoms with E-state index >= 15 is 0 Å². The highest BCUT2D eigenvalue weighted by atomic mass is 79.9. The zero-order valence-electron chi connectivity index (χ0n) is 7.11. The highest BCUT2D eigenvalue weighted by Gasteiger charge is 2.30. The molecule has 0 aliphatic carbocycles. The molecule has 0 saturated carbocycles. The monoisotopic (exact) mass is 284 g/mol. The van der Waals surface area contributed by atoms with Gasteiger partial charge >= 0.3 is 6.18 Å². The van der Waals surface area contributed by atoms with E-state index in [1.165, 1.54) is 6.07 Å². The van der Waals surface area contributed by atoms with E-state index in [-0.39, 0.29) is 0 Å². The van der Waals surface area contributed by atoms with E-state index in [1.807, 2.05) is 0 Å². The maximum atomic E-state index is 12.2. The van der Waals surface area contributed by atoms with Crippen LogP contribution in [0.4, 0.5) is 13.2 Å². The summed E-state index contributed by atoms with van der Waals surface area (Å²) < 4.78 is 37.2. The Hall–Kier alpha value is -0.160. The molecule has 1 aromatic rings. The van der Waals surface area contributed by atoms with Gasteiger partial charge in [-0.3, -0.25) is 0 Å². The van der Waals surface area contributed by atoms with E-state index in [0.717, 1.165) is 17.7 Å². The number of thiol groups is 1. The average Bonchev–Trinajstić information content (AvgIpc) is 2.07. The van der Waals surface area contributed by atoms with Crippen LogP contribution >= 0.6 is 28.6 Å². The van der Waals surface area contributed by atoms with E-state index in [9.17, 15) is 13.2 Å². The Morgan fingerprint density at radius 2 is 1.93 bits per heavy atom. The molecule has 0 unspecified atom stereocenters. The lowest BCUT2D eigenvalue weighted by Gasteiger charge is -2.09. The average molecular weight is 285 g/mol. The number of aryl methyl sites for hydroxylation is 1. The van der Waals surface area contributed by atoms with Crippen LogP contribution in [-0.4, -0.2) is 5.75 Å². The van der Waals surface area contributed by atoms with Crippen LogP contribution in [0.25, 0.3) is 0 Å². The van der Waals surface area contributed by atoms with Crippen LogP contribution in [0.1, 0.15) is 11.1 Å². The van der Waals surface area contributed by atoms with Crippen LogP contribution in [0.15, 0.2) is 22.7 Å². The third kappa shape index (κ3) is 2.92. The topological polar surface area (TPSA) is 0 Å². The van der Waals surface area contributed by atoms with Crippen molar-refractivity contribution in [1.82, 2.24) is 0 Å². The number of rotatable bonds is 2. The third-order valence-electron chi connectivity index (χ3n) is 1.76. The molecule has 0 aromatic heterocycles. The minimum absolute atomic E-state index is 0.487. The van der Waals surface area contributed by atoms with Crippen LogP contribution in [0.5, 0.6) is 0 Å². The lowest BCUT2D eigenvalue weighted by Crippen LogP contribution is -2.05. The van der Waals surface area contributed by atoms with Crippen molar-refractivity contribution in [2.75, 3.05) is 5.75 Å². The zero-order chi connectivity index (χ0) is 10.8. The quantitative estimate of drug-likeness (QED) is 0.782. The second-order valence-electron chi connectivity index (χ2n) is 2.78. The fourth-order valence-corrected chi connectivity index (χ4v) is 1.86. The Balaban J connectivity index is 3.01. The fraction of sp³-hybridized carbons (Fsp3) is 0.333. The zero-order valence-corrected chi connectivity index (χ0v) is 9.59. The van der Waals surface area contributed by atoms with E-state index in [2.05, 4.69) is 28.6 Å². The molecule has 0 amide bonds. The lowest BCUT2D eigenvalue weighted by atomic mass is 10.1. The molecule has 0 atom stereocenters. The van der Waals surface area contributed by atoms with Crippen molar-refractivity contribution in [3.63, 3.8) is 0 Å². The molecule has 0 saturated heterocycles. The molecular formula is C9H8BrF3S. The summed E-state index contributed by atoms with van der Waals surface area (Å²) in [6.45, 7) is 0. The molecule has 0 nitrogen and oxygen atoms in total. The van der Waals surface area contributed by atoms with Gasteiger partial charge in [-0.1, -0.05) is 22.0 Å². The first-order chi connectivity index (χ1) is 6.45. The predicted octanol–water partition coefficient (Wildman–Crippen LogP) is 3.94. The minimum Gasteiger partial charge on any atom is -0.179 e. The smallest absolute Gasteiger partial charge is 0.179 e. The van der Waals surface area contributed by atoms with Gasteiger partial charge in [0.1, 0.15) is 0 Å². The van der Waals surface area contributed by atoms with Gasteiger partial charge in [0.25, 0.3) is 0 Å². The molecule has 1 aromatic carbocycles. The number of benzene rings is 1. The van der Waals surface area contributed by atoms with E-state index < -0.39 is 11.7 Å². The molecule has 5 heteroatoms. The summed E-state index contributed by atoms with van der Waals surface area (Å²) in [6.07, 6.45) is -3.62. The van der Waals surface area contributed by atoms with Crippen LogP contribution in [-0.2, 0) is 12.6 Å². The molecule has 0 spiro atoms. The summed E-state index contributed by atoms with van der Waals surface area (Å²) in [5.41, 5.74) is 0.209. The predicted molar refractivity (Wildman–Crippen MR) is 56.7 cm³/mol. The lowest BCUT2D eigenvalue weighted by molar-refractivity contribution is -0.137. The van der Waals surface area contributed by atoms with Crippen molar-refractivity contribution in [2.24, 2.45) is 0 Å². The number of hydrogen-bond acceptors (Lipinski definition) is 1. The van der Waals surface area contributed by atoms with Crippen molar-refractivity contribution >= 4 is 28.6 Å². The molecule has 78 valence electrons. The highest BCUT2D eigenvalue weighted by Crippen LogP contribution is 2.32. The SMILES string of the molecule is FC(F)(F)c1ccc(CCS)c(Br)c1. The summed E-state index contributed by atoms with van der Waals surface area (Å²) in [6, 6.07) is 3.66. The molecule has 14 heavy (non-hydrogen) atoms. The molecule has 0 radical (unpaired) electrons. The first-order valence-corrected chi connectivity index (χ1v) is 5.34. The van der Waals surface area contributed by atoms with Gasteiger partial charge in [-0.25, -0.2) is 0 Å². The van der Waals surface area contributed by atoms with Crippen LogP contribution in [0.2, 0.25) is 0 Å². The normalized spacial score (nSPS) is 11.8. The van der Waals surface area contributed by atoms with Gasteiger partial charge in [-0.05, 0) is 29.9 Å². The first-order valence-electron chi connectivity index (χ1n) is 3.91. The van der Waals surface area contributed by atoms with Gasteiger partial charge in [0.2, 0.25) is 0 Å². The minimum atomic E-state index is -4.28. The summed E-state index contributed by atoms with van der Waals surface area (Å²) in [5, 5.41) is 0. The van der Waals surface area contributed by atoms with Gasteiger partial charge < -0.3 is 0 Å².